The van der Waals surface area contributed by atoms with Crippen molar-refractivity contribution in [3.8, 4) is 0 Å². The maximum absolute atomic E-state index is 11.7. The molecule has 0 amide bonds. The molecule has 0 saturated heterocycles. The number of hydrogen-bond donors (Lipinski definition) is 1. The first-order valence-corrected chi connectivity index (χ1v) is 5.94. The van der Waals surface area contributed by atoms with Gasteiger partial charge in [0, 0.05) is 26.4 Å². The maximum atomic E-state index is 11.7. The topological polar surface area (TPSA) is 73.2 Å². The van der Waals surface area contributed by atoms with Crippen LogP contribution < -0.4 is 4.72 Å². The fourth-order valence-electron chi connectivity index (χ4n) is 1.15. The fraction of sp³-hybridized carbons (Fsp3) is 0.625. The Kier molecular flexibility index (Phi) is 3.83. The van der Waals surface area contributed by atoms with E-state index in [1.807, 2.05) is 0 Å². The van der Waals surface area contributed by atoms with E-state index in [-0.39, 0.29) is 10.9 Å². The Morgan fingerprint density at radius 1 is 1.67 bits per heavy atom. The summed E-state index contributed by atoms with van der Waals surface area (Å²) in [5.74, 6) is 0. The van der Waals surface area contributed by atoms with Gasteiger partial charge < -0.3 is 4.74 Å². The average Bonchev–Trinajstić information content (AvgIpc) is 2.51. The van der Waals surface area contributed by atoms with Crippen LogP contribution in [-0.2, 0) is 21.8 Å². The van der Waals surface area contributed by atoms with Gasteiger partial charge in [0.2, 0.25) is 10.0 Å². The predicted molar refractivity (Wildman–Crippen MR) is 54.9 cm³/mol. The molecule has 0 saturated carbocycles. The summed E-state index contributed by atoms with van der Waals surface area (Å²) in [7, 11) is -0.287. The predicted octanol–water partition coefficient (Wildman–Crippen LogP) is -0.267. The van der Waals surface area contributed by atoms with Crippen LogP contribution in [0.25, 0.3) is 0 Å². The lowest BCUT2D eigenvalue weighted by Gasteiger charge is -2.11. The number of aromatic nitrogens is 2. The van der Waals surface area contributed by atoms with Gasteiger partial charge >= 0.3 is 0 Å². The molecule has 1 rings (SSSR count). The molecule has 0 unspecified atom stereocenters. The second-order valence-electron chi connectivity index (χ2n) is 3.33. The first kappa shape index (κ1) is 12.2. The van der Waals surface area contributed by atoms with Crippen LogP contribution in [0.3, 0.4) is 0 Å². The lowest BCUT2D eigenvalue weighted by molar-refractivity contribution is 0.180. The zero-order chi connectivity index (χ0) is 11.5. The van der Waals surface area contributed by atoms with E-state index in [4.69, 9.17) is 4.74 Å². The van der Waals surface area contributed by atoms with Gasteiger partial charge in [0.25, 0.3) is 0 Å². The van der Waals surface area contributed by atoms with E-state index in [0.29, 0.717) is 6.61 Å². The van der Waals surface area contributed by atoms with Gasteiger partial charge in [-0.3, -0.25) is 4.68 Å². The van der Waals surface area contributed by atoms with Gasteiger partial charge in [-0.25, -0.2) is 13.1 Å². The summed E-state index contributed by atoms with van der Waals surface area (Å²) in [5, 5.41) is 3.80. The normalized spacial score (nSPS) is 14.1. The summed E-state index contributed by atoms with van der Waals surface area (Å²) in [5.41, 5.74) is 0. The van der Waals surface area contributed by atoms with Crippen molar-refractivity contribution in [1.82, 2.24) is 14.5 Å². The average molecular weight is 233 g/mol. The number of rotatable bonds is 5. The molecular weight excluding hydrogens is 218 g/mol. The van der Waals surface area contributed by atoms with Crippen molar-refractivity contribution in [2.45, 2.75) is 17.9 Å². The molecule has 1 aromatic heterocycles. The molecule has 7 heteroatoms. The van der Waals surface area contributed by atoms with E-state index in [1.165, 1.54) is 24.2 Å². The molecule has 15 heavy (non-hydrogen) atoms. The third-order valence-corrected chi connectivity index (χ3v) is 3.31. The second kappa shape index (κ2) is 4.73. The molecule has 1 heterocycles. The van der Waals surface area contributed by atoms with E-state index in [0.717, 1.165) is 0 Å². The number of sulfonamides is 1. The molecule has 0 aliphatic heterocycles. The van der Waals surface area contributed by atoms with E-state index in [9.17, 15) is 8.42 Å². The molecule has 0 fully saturated rings. The van der Waals surface area contributed by atoms with Crippen LogP contribution in [0.4, 0.5) is 0 Å². The molecule has 0 bridgehead atoms. The highest BCUT2D eigenvalue weighted by molar-refractivity contribution is 7.89. The minimum absolute atomic E-state index is 0.160. The summed E-state index contributed by atoms with van der Waals surface area (Å²) < 4.78 is 32.2. The molecular formula is C8H15N3O3S. The fourth-order valence-corrected chi connectivity index (χ4v) is 2.37. The summed E-state index contributed by atoms with van der Waals surface area (Å²) in [6.07, 6.45) is 2.75. The summed E-state index contributed by atoms with van der Waals surface area (Å²) in [6.45, 7) is 2.07. The van der Waals surface area contributed by atoms with Gasteiger partial charge in [-0.15, -0.1) is 0 Å². The summed E-state index contributed by atoms with van der Waals surface area (Å²) in [4.78, 5) is 0.160. The molecule has 1 N–H and O–H groups in total. The van der Waals surface area contributed by atoms with Gasteiger partial charge in [-0.1, -0.05) is 0 Å². The van der Waals surface area contributed by atoms with Crippen LogP contribution >= 0.6 is 0 Å². The van der Waals surface area contributed by atoms with E-state index < -0.39 is 10.0 Å². The molecule has 0 spiro atoms. The third kappa shape index (κ3) is 3.29. The third-order valence-electron chi connectivity index (χ3n) is 1.76. The summed E-state index contributed by atoms with van der Waals surface area (Å²) in [6, 6.07) is -0.264. The van der Waals surface area contributed by atoms with Crippen LogP contribution in [-0.4, -0.2) is 38.0 Å². The highest BCUT2D eigenvalue weighted by Crippen LogP contribution is 2.06. The summed E-state index contributed by atoms with van der Waals surface area (Å²) >= 11 is 0. The Labute approximate surface area is 89.3 Å². The lowest BCUT2D eigenvalue weighted by Crippen LogP contribution is -2.35. The standard InChI is InChI=1S/C8H15N3O3S/c1-7(6-14-3)10-15(12,13)8-4-9-11(2)5-8/h4-5,7,10H,6H2,1-3H3/t7-/m1/s1. The van der Waals surface area contributed by atoms with Gasteiger partial charge in [-0.2, -0.15) is 5.10 Å². The highest BCUT2D eigenvalue weighted by Gasteiger charge is 2.18. The Morgan fingerprint density at radius 2 is 2.33 bits per heavy atom. The van der Waals surface area contributed by atoms with Crippen molar-refractivity contribution >= 4 is 10.0 Å². The van der Waals surface area contributed by atoms with Gasteiger partial charge in [0.05, 0.1) is 12.8 Å². The second-order valence-corrected chi connectivity index (χ2v) is 5.04. The number of ether oxygens (including phenoxy) is 1. The number of aryl methyl sites for hydroxylation is 1. The minimum Gasteiger partial charge on any atom is -0.383 e. The van der Waals surface area contributed by atoms with E-state index in [1.54, 1.807) is 14.0 Å². The number of methoxy groups -OCH3 is 1. The minimum atomic E-state index is -3.47. The van der Waals surface area contributed by atoms with Crippen molar-refractivity contribution in [3.05, 3.63) is 12.4 Å². The van der Waals surface area contributed by atoms with E-state index >= 15 is 0 Å². The Bertz CT molecular complexity index is 413. The van der Waals surface area contributed by atoms with Crippen LogP contribution in [0.1, 0.15) is 6.92 Å². The lowest BCUT2D eigenvalue weighted by atomic mass is 10.4. The van der Waals surface area contributed by atoms with Crippen LogP contribution in [0.5, 0.6) is 0 Å². The van der Waals surface area contributed by atoms with Gasteiger partial charge in [-0.05, 0) is 6.92 Å². The van der Waals surface area contributed by atoms with Crippen LogP contribution in [0, 0.1) is 0 Å². The largest absolute Gasteiger partial charge is 0.383 e. The Balaban J connectivity index is 2.76. The smallest absolute Gasteiger partial charge is 0.244 e. The maximum Gasteiger partial charge on any atom is 0.244 e. The van der Waals surface area contributed by atoms with Gasteiger partial charge in [0.1, 0.15) is 4.90 Å². The quantitative estimate of drug-likeness (QED) is 0.760. The SMILES string of the molecule is COC[C@@H](C)NS(=O)(=O)c1cnn(C)c1. The number of nitrogens with zero attached hydrogens (tertiary/aromatic N) is 2. The molecule has 6 nitrogen and oxygen atoms in total. The van der Waals surface area contributed by atoms with Crippen molar-refractivity contribution < 1.29 is 13.2 Å². The van der Waals surface area contributed by atoms with Crippen molar-refractivity contribution in [1.29, 1.82) is 0 Å². The molecule has 0 aliphatic carbocycles. The van der Waals surface area contributed by atoms with Crippen molar-refractivity contribution in [3.63, 3.8) is 0 Å². The number of nitrogens with one attached hydrogen (secondary N) is 1. The molecule has 0 aromatic carbocycles. The van der Waals surface area contributed by atoms with Crippen molar-refractivity contribution in [2.75, 3.05) is 13.7 Å². The van der Waals surface area contributed by atoms with Gasteiger partial charge in [0.15, 0.2) is 0 Å². The van der Waals surface area contributed by atoms with Crippen molar-refractivity contribution in [2.24, 2.45) is 7.05 Å². The molecule has 1 aromatic rings. The Morgan fingerprint density at radius 3 is 2.80 bits per heavy atom. The Hall–Kier alpha value is -0.920. The van der Waals surface area contributed by atoms with E-state index in [2.05, 4.69) is 9.82 Å². The molecule has 0 aliphatic rings. The molecule has 1 atom stereocenters. The first-order valence-electron chi connectivity index (χ1n) is 4.45. The highest BCUT2D eigenvalue weighted by atomic mass is 32.2. The van der Waals surface area contributed by atoms with Crippen LogP contribution in [0.2, 0.25) is 0 Å². The zero-order valence-corrected chi connectivity index (χ0v) is 9.78. The molecule has 0 radical (unpaired) electrons. The zero-order valence-electron chi connectivity index (χ0n) is 8.97. The monoisotopic (exact) mass is 233 g/mol. The molecule has 86 valence electrons. The number of hydrogen-bond acceptors (Lipinski definition) is 4. The van der Waals surface area contributed by atoms with Crippen LogP contribution in [0.15, 0.2) is 17.3 Å². The first-order chi connectivity index (χ1) is 6.95.